The van der Waals surface area contributed by atoms with Crippen LogP contribution in [0.4, 0.5) is 0 Å². The largest absolute Gasteiger partial charge is 0.507 e. The first-order valence-corrected chi connectivity index (χ1v) is 10.7. The molecule has 1 aromatic heterocycles. The zero-order chi connectivity index (χ0) is 22.3. The van der Waals surface area contributed by atoms with Crippen LogP contribution in [-0.2, 0) is 16.6 Å². The molecule has 0 aliphatic carbocycles. The van der Waals surface area contributed by atoms with Gasteiger partial charge >= 0.3 is 0 Å². The normalized spacial score (nSPS) is 18.3. The average molecular weight is 417 g/mol. The fourth-order valence-electron chi connectivity index (χ4n) is 4.49. The highest BCUT2D eigenvalue weighted by Gasteiger charge is 2.46. The van der Waals surface area contributed by atoms with Crippen molar-refractivity contribution in [1.29, 1.82) is 0 Å². The SMILES string of the molecule is CCCCN1C(=O)C(=O)/C(=C(/O)c2cc(C)ccc2C)C1c1cn(C)c2ccccc12. The Morgan fingerprint density at radius 1 is 1.10 bits per heavy atom. The van der Waals surface area contributed by atoms with Crippen LogP contribution >= 0.6 is 0 Å². The topological polar surface area (TPSA) is 62.5 Å². The third-order valence-corrected chi connectivity index (χ3v) is 6.16. The van der Waals surface area contributed by atoms with Gasteiger partial charge < -0.3 is 14.6 Å². The van der Waals surface area contributed by atoms with Gasteiger partial charge in [-0.3, -0.25) is 9.59 Å². The van der Waals surface area contributed by atoms with E-state index in [0.717, 1.165) is 40.4 Å². The second-order valence-corrected chi connectivity index (χ2v) is 8.38. The lowest BCUT2D eigenvalue weighted by Crippen LogP contribution is -2.30. The summed E-state index contributed by atoms with van der Waals surface area (Å²) in [7, 11) is 1.95. The number of hydrogen-bond acceptors (Lipinski definition) is 3. The summed E-state index contributed by atoms with van der Waals surface area (Å²) in [6.45, 7) is 6.37. The lowest BCUT2D eigenvalue weighted by atomic mass is 9.93. The van der Waals surface area contributed by atoms with Crippen LogP contribution in [0.25, 0.3) is 16.7 Å². The maximum Gasteiger partial charge on any atom is 0.295 e. The molecule has 5 heteroatoms. The van der Waals surface area contributed by atoms with Crippen molar-refractivity contribution in [3.8, 4) is 0 Å². The molecule has 31 heavy (non-hydrogen) atoms. The number of unbranched alkanes of at least 4 members (excludes halogenated alkanes) is 1. The number of aryl methyl sites for hydroxylation is 3. The number of carbonyl (C=O) groups is 2. The molecule has 1 atom stereocenters. The van der Waals surface area contributed by atoms with E-state index in [1.54, 1.807) is 4.90 Å². The molecule has 1 fully saturated rings. The predicted octanol–water partition coefficient (Wildman–Crippen LogP) is 5.02. The molecule has 1 aliphatic rings. The molecular formula is C26H28N2O3. The highest BCUT2D eigenvalue weighted by molar-refractivity contribution is 6.46. The van der Waals surface area contributed by atoms with E-state index in [4.69, 9.17) is 0 Å². The highest BCUT2D eigenvalue weighted by Crippen LogP contribution is 2.42. The van der Waals surface area contributed by atoms with Crippen molar-refractivity contribution >= 4 is 28.4 Å². The maximum absolute atomic E-state index is 13.2. The zero-order valence-electron chi connectivity index (χ0n) is 18.5. The van der Waals surface area contributed by atoms with Gasteiger partial charge in [0.2, 0.25) is 0 Å². The Labute approximate surface area is 182 Å². The summed E-state index contributed by atoms with van der Waals surface area (Å²) in [6.07, 6.45) is 3.66. The minimum atomic E-state index is -0.618. The molecule has 0 radical (unpaired) electrons. The Hall–Kier alpha value is -3.34. The lowest BCUT2D eigenvalue weighted by molar-refractivity contribution is -0.139. The van der Waals surface area contributed by atoms with Crippen LogP contribution in [0.5, 0.6) is 0 Å². The number of ketones is 1. The van der Waals surface area contributed by atoms with Gasteiger partial charge in [0.05, 0.1) is 11.6 Å². The van der Waals surface area contributed by atoms with Crippen molar-refractivity contribution in [3.05, 3.63) is 76.5 Å². The third-order valence-electron chi connectivity index (χ3n) is 6.16. The number of likely N-dealkylation sites (tertiary alicyclic amines) is 1. The van der Waals surface area contributed by atoms with Gasteiger partial charge in [0.25, 0.3) is 11.7 Å². The monoisotopic (exact) mass is 416 g/mol. The van der Waals surface area contributed by atoms with Gasteiger partial charge in [-0.05, 0) is 38.0 Å². The van der Waals surface area contributed by atoms with E-state index in [2.05, 4.69) is 6.92 Å². The molecule has 1 saturated heterocycles. The first-order chi connectivity index (χ1) is 14.8. The number of amides is 1. The molecule has 1 N–H and O–H groups in total. The van der Waals surface area contributed by atoms with E-state index >= 15 is 0 Å². The molecule has 5 nitrogen and oxygen atoms in total. The van der Waals surface area contributed by atoms with Gasteiger partial charge in [0, 0.05) is 41.8 Å². The number of aliphatic hydroxyl groups excluding tert-OH is 1. The number of aromatic nitrogens is 1. The highest BCUT2D eigenvalue weighted by atomic mass is 16.3. The Morgan fingerprint density at radius 2 is 1.84 bits per heavy atom. The molecule has 2 aromatic carbocycles. The van der Waals surface area contributed by atoms with Crippen LogP contribution in [0.3, 0.4) is 0 Å². The number of benzene rings is 2. The van der Waals surface area contributed by atoms with Crippen molar-refractivity contribution in [2.45, 2.75) is 39.7 Å². The minimum Gasteiger partial charge on any atom is -0.507 e. The van der Waals surface area contributed by atoms with Gasteiger partial charge in [-0.25, -0.2) is 0 Å². The van der Waals surface area contributed by atoms with Crippen molar-refractivity contribution < 1.29 is 14.7 Å². The van der Waals surface area contributed by atoms with E-state index in [1.807, 2.05) is 74.1 Å². The van der Waals surface area contributed by atoms with Crippen LogP contribution in [-0.4, -0.2) is 32.8 Å². The molecule has 160 valence electrons. The van der Waals surface area contributed by atoms with E-state index in [-0.39, 0.29) is 11.3 Å². The van der Waals surface area contributed by atoms with E-state index in [9.17, 15) is 14.7 Å². The second kappa shape index (κ2) is 8.06. The molecule has 1 amide bonds. The van der Waals surface area contributed by atoms with Crippen molar-refractivity contribution in [2.24, 2.45) is 7.05 Å². The van der Waals surface area contributed by atoms with Crippen molar-refractivity contribution in [1.82, 2.24) is 9.47 Å². The van der Waals surface area contributed by atoms with Crippen LogP contribution in [0.15, 0.2) is 54.2 Å². The first-order valence-electron chi connectivity index (χ1n) is 10.7. The summed E-state index contributed by atoms with van der Waals surface area (Å²) in [5.41, 5.74) is 4.49. The van der Waals surface area contributed by atoms with Gasteiger partial charge in [0.1, 0.15) is 5.76 Å². The van der Waals surface area contributed by atoms with Crippen molar-refractivity contribution in [3.63, 3.8) is 0 Å². The Balaban J connectivity index is 1.99. The number of para-hydroxylation sites is 1. The predicted molar refractivity (Wildman–Crippen MR) is 123 cm³/mol. The summed E-state index contributed by atoms with van der Waals surface area (Å²) < 4.78 is 2.00. The maximum atomic E-state index is 13.2. The first kappa shape index (κ1) is 20.9. The molecule has 1 unspecified atom stereocenters. The van der Waals surface area contributed by atoms with Crippen LogP contribution in [0.2, 0.25) is 0 Å². The number of nitrogens with zero attached hydrogens (tertiary/aromatic N) is 2. The molecule has 0 spiro atoms. The molecule has 4 rings (SSSR count). The Kier molecular flexibility index (Phi) is 5.44. The molecule has 0 bridgehead atoms. The Bertz CT molecular complexity index is 1220. The lowest BCUT2D eigenvalue weighted by Gasteiger charge is -2.25. The average Bonchev–Trinajstić information content (AvgIpc) is 3.22. The minimum absolute atomic E-state index is 0.100. The fourth-order valence-corrected chi connectivity index (χ4v) is 4.49. The van der Waals surface area contributed by atoms with Gasteiger partial charge in [-0.15, -0.1) is 0 Å². The molecule has 1 aliphatic heterocycles. The van der Waals surface area contributed by atoms with Crippen LogP contribution in [0, 0.1) is 13.8 Å². The van der Waals surface area contributed by atoms with Gasteiger partial charge in [0.15, 0.2) is 0 Å². The number of rotatable bonds is 5. The summed E-state index contributed by atoms with van der Waals surface area (Å²) in [5, 5.41) is 12.3. The number of fused-ring (bicyclic) bond motifs is 1. The summed E-state index contributed by atoms with van der Waals surface area (Å²) in [4.78, 5) is 27.9. The number of Topliss-reactive ketones (excluding diaryl/α,β-unsaturated/α-hetero) is 1. The fraction of sp³-hybridized carbons (Fsp3) is 0.308. The summed E-state index contributed by atoms with van der Waals surface area (Å²) >= 11 is 0. The van der Waals surface area contributed by atoms with E-state index < -0.39 is 17.7 Å². The second-order valence-electron chi connectivity index (χ2n) is 8.38. The smallest absolute Gasteiger partial charge is 0.295 e. The van der Waals surface area contributed by atoms with Gasteiger partial charge in [-0.1, -0.05) is 49.2 Å². The molecular weight excluding hydrogens is 388 g/mol. The molecule has 3 aromatic rings. The zero-order valence-corrected chi connectivity index (χ0v) is 18.5. The number of hydrogen-bond donors (Lipinski definition) is 1. The van der Waals surface area contributed by atoms with E-state index in [1.165, 1.54) is 0 Å². The Morgan fingerprint density at radius 3 is 2.58 bits per heavy atom. The van der Waals surface area contributed by atoms with Crippen LogP contribution in [0.1, 0.15) is 48.1 Å². The van der Waals surface area contributed by atoms with Crippen molar-refractivity contribution in [2.75, 3.05) is 6.54 Å². The number of aliphatic hydroxyl groups is 1. The number of carbonyl (C=O) groups excluding carboxylic acids is 2. The standard InChI is InChI=1S/C26H28N2O3/c1-5-6-13-28-23(20-15-27(4)21-10-8-7-9-18(20)21)22(25(30)26(28)31)24(29)19-14-16(2)11-12-17(19)3/h7-12,14-15,23,29H,5-6,13H2,1-4H3/b24-22+. The summed E-state index contributed by atoms with van der Waals surface area (Å²) in [6, 6.07) is 13.1. The quantitative estimate of drug-likeness (QED) is 0.361. The summed E-state index contributed by atoms with van der Waals surface area (Å²) in [5.74, 6) is -1.26. The van der Waals surface area contributed by atoms with Gasteiger partial charge in [-0.2, -0.15) is 0 Å². The third kappa shape index (κ3) is 3.44. The molecule has 2 heterocycles. The van der Waals surface area contributed by atoms with Crippen LogP contribution < -0.4 is 0 Å². The molecule has 0 saturated carbocycles. The van der Waals surface area contributed by atoms with E-state index in [0.29, 0.717) is 12.1 Å².